The molecule has 0 radical (unpaired) electrons. The molecule has 0 saturated heterocycles. The van der Waals surface area contributed by atoms with Crippen molar-refractivity contribution in [3.05, 3.63) is 453 Å². The Hall–Kier alpha value is -9.67. The number of hydrogen-bond donors (Lipinski definition) is 2. The van der Waals surface area contributed by atoms with Crippen molar-refractivity contribution in [3.63, 3.8) is 0 Å². The number of nitrogens with one attached hydrogen (secondary N) is 2. The van der Waals surface area contributed by atoms with Crippen LogP contribution in [-0.4, -0.2) is 72.0 Å². The molecule has 0 unspecified atom stereocenters. The second-order valence-electron chi connectivity index (χ2n) is 34.1. The van der Waals surface area contributed by atoms with Crippen molar-refractivity contribution in [1.29, 1.82) is 0 Å². The molecule has 20 rings (SSSR count). The quantitative estimate of drug-likeness (QED) is 0.0438. The van der Waals surface area contributed by atoms with Crippen molar-refractivity contribution in [2.24, 2.45) is 24.1 Å². The molecule has 696 valence electrons. The molecular formula is C118H123BrClLiN8O2P4PdSn. The first-order valence-corrected chi connectivity index (χ1v) is 61.0. The third kappa shape index (κ3) is 30.4. The fraction of sp³-hybridized carbons (Fsp3) is 0.203. The standard InChI is InChI=1S/4C18H15P.C17H18N4O.C13H13BrN2O.C4H5N2.3C4H9.ClH.Li.Pd.Sn/c4*1-4-10-16(11-5-1)19(17-12-6-2-7-13-17)18-14-8-3-9-15-18;1-21-11-10-18-15(21)13-6-4-12(5-7-13)14-16(22)20-17(19-14)8-2-3-9-17;14-10-5-3-9(4-6-10)11-12(17)16-13(15-11)7-1-2-8-13;1-6-3-2-5-4-6;3*1-3-4-2;;;;/h4*1-15H;4-7,10-11H,2-3,8-9H2,1H3,(H,20,22);3-6H,1-2,7-8H2,(H,16,17);2-3H,1H3;3*1,3-4H2,2H3;1H;;;/q;;;;;;;;;;;+1;;/p-1. The van der Waals surface area contributed by atoms with E-state index in [1.54, 1.807) is 6.20 Å². The van der Waals surface area contributed by atoms with E-state index in [0.29, 0.717) is 11.4 Å². The summed E-state index contributed by atoms with van der Waals surface area (Å²) in [6.07, 6.45) is 24.5. The number of unbranched alkanes of at least 4 members (excludes halogenated alkanes) is 3. The Labute approximate surface area is 863 Å². The molecule has 2 aliphatic carbocycles. The number of halogens is 2. The van der Waals surface area contributed by atoms with Gasteiger partial charge in [-0.3, -0.25) is 19.6 Å². The number of imidazole rings is 2. The van der Waals surface area contributed by atoms with E-state index in [1.807, 2.05) is 72.5 Å². The molecule has 0 atom stereocenters. The number of nitrogens with zero attached hydrogens (tertiary/aromatic N) is 6. The van der Waals surface area contributed by atoms with Crippen LogP contribution in [0.2, 0.25) is 13.3 Å². The van der Waals surface area contributed by atoms with Gasteiger partial charge >= 0.3 is 143 Å². The number of rotatable bonds is 25. The molecule has 2 N–H and O–H groups in total. The Morgan fingerprint density at radius 3 is 0.730 bits per heavy atom. The number of aliphatic imine (C=N–C) groups is 2. The monoisotopic (exact) mass is 2150 g/mol. The van der Waals surface area contributed by atoms with E-state index in [-0.39, 0.29) is 74.8 Å². The second kappa shape index (κ2) is 56.5. The molecule has 2 fully saturated rings. The zero-order chi connectivity index (χ0) is 92.8. The van der Waals surface area contributed by atoms with Crippen LogP contribution in [0.4, 0.5) is 0 Å². The summed E-state index contributed by atoms with van der Waals surface area (Å²) in [6, 6.07) is 145. The number of amides is 2. The van der Waals surface area contributed by atoms with Gasteiger partial charge in [-0.1, -0.05) is 416 Å². The van der Waals surface area contributed by atoms with E-state index in [1.165, 1.54) is 119 Å². The maximum atomic E-state index is 12.2. The first kappa shape index (κ1) is 108. The van der Waals surface area contributed by atoms with Gasteiger partial charge in [-0.15, -0.1) is 0 Å². The van der Waals surface area contributed by atoms with Crippen LogP contribution >= 0.6 is 47.6 Å². The van der Waals surface area contributed by atoms with Gasteiger partial charge in [0.25, 0.3) is 11.8 Å². The minimum atomic E-state index is -2.24. The number of aromatic nitrogens is 4. The van der Waals surface area contributed by atoms with Gasteiger partial charge in [0.1, 0.15) is 28.6 Å². The SMILES string of the molecule is CCC[CH2][Sn]([CH2]CCC)([CH2]CCC)[c]1nccn1C.Cn1ccnc1-c1ccc(C2=NC3(CCCC3)NC2=O)cc1.O=C1NC2(CCCC2)N=C1c1ccc(Br)cc1.[Cl-].[Li+].[Pd].c1ccc(P(c2ccccc2)c2ccccc2)cc1.c1ccc(P(c2ccccc2)c2ccccc2)cc1.c1ccc(P(c2ccccc2)c2ccccc2)cc1.c1ccc(P(c2ccccc2)c2ccccc2)cc1. The van der Waals surface area contributed by atoms with E-state index in [4.69, 9.17) is 9.98 Å². The van der Waals surface area contributed by atoms with E-state index in [2.05, 4.69) is 439 Å². The van der Waals surface area contributed by atoms with Gasteiger partial charge < -0.3 is 27.6 Å². The Kier molecular flexibility index (Phi) is 44.5. The van der Waals surface area contributed by atoms with E-state index in [0.717, 1.165) is 78.4 Å². The van der Waals surface area contributed by atoms with Crippen molar-refractivity contribution in [1.82, 2.24) is 29.7 Å². The first-order chi connectivity index (χ1) is 65.8. The van der Waals surface area contributed by atoms with Gasteiger partial charge in [0, 0.05) is 61.0 Å². The summed E-state index contributed by atoms with van der Waals surface area (Å²) in [7, 11) is 2.39. The Morgan fingerprint density at radius 1 is 0.314 bits per heavy atom. The van der Waals surface area contributed by atoms with Crippen molar-refractivity contribution in [2.45, 2.75) is 135 Å². The van der Waals surface area contributed by atoms with Crippen molar-refractivity contribution in [2.75, 3.05) is 0 Å². The van der Waals surface area contributed by atoms with Crippen LogP contribution in [0.5, 0.6) is 0 Å². The van der Waals surface area contributed by atoms with Gasteiger partial charge in [-0.2, -0.15) is 0 Å². The molecule has 2 aliphatic heterocycles. The predicted octanol–water partition coefficient (Wildman–Crippen LogP) is 17.2. The minimum Gasteiger partial charge on any atom is -1.00 e. The maximum absolute atomic E-state index is 12.2. The zero-order valence-corrected chi connectivity index (χ0v) is 89.8. The molecule has 14 aromatic carbocycles. The zero-order valence-electron chi connectivity index (χ0n) is 79.5. The van der Waals surface area contributed by atoms with Crippen LogP contribution in [0.25, 0.3) is 11.4 Å². The molecule has 4 aliphatic rings. The van der Waals surface area contributed by atoms with Crippen LogP contribution < -0.4 is 109 Å². The molecule has 0 bridgehead atoms. The van der Waals surface area contributed by atoms with Gasteiger partial charge in [0.15, 0.2) is 0 Å². The predicted molar refractivity (Wildman–Crippen MR) is 583 cm³/mol. The average molecular weight is 2160 g/mol. The van der Waals surface area contributed by atoms with Crippen LogP contribution in [0.3, 0.4) is 0 Å². The molecule has 10 nitrogen and oxygen atoms in total. The van der Waals surface area contributed by atoms with Crippen molar-refractivity contribution >= 4 is 157 Å². The van der Waals surface area contributed by atoms with Gasteiger partial charge in [0.2, 0.25) is 0 Å². The average Bonchev–Trinajstić information content (AvgIpc) is 1.63. The third-order valence-electron chi connectivity index (χ3n) is 24.5. The van der Waals surface area contributed by atoms with Crippen LogP contribution in [0.15, 0.2) is 452 Å². The summed E-state index contributed by atoms with van der Waals surface area (Å²) in [5.41, 5.74) is 3.33. The molecular weight excluding hydrogens is 2030 g/mol. The summed E-state index contributed by atoms with van der Waals surface area (Å²) < 4.78 is 11.4. The van der Waals surface area contributed by atoms with Gasteiger partial charge in [0.05, 0.1) is 0 Å². The molecule has 137 heavy (non-hydrogen) atoms. The van der Waals surface area contributed by atoms with Crippen molar-refractivity contribution < 1.29 is 61.3 Å². The fourth-order valence-corrected chi connectivity index (χ4v) is 43.5. The summed E-state index contributed by atoms with van der Waals surface area (Å²) >= 11 is 1.15. The number of benzene rings is 14. The summed E-state index contributed by atoms with van der Waals surface area (Å²) in [6.45, 7) is 6.98. The minimum absolute atomic E-state index is 0. The molecule has 16 aromatic rings. The molecule has 2 aromatic heterocycles. The number of aryl methyl sites for hydroxylation is 2. The Morgan fingerprint density at radius 2 is 0.526 bits per heavy atom. The number of hydrogen-bond acceptors (Lipinski definition) is 6. The largest absolute Gasteiger partial charge is 1.00 e. The summed E-state index contributed by atoms with van der Waals surface area (Å²) in [5.74, 6) is 0.831. The molecule has 2 spiro atoms. The van der Waals surface area contributed by atoms with Gasteiger partial charge in [-0.05, 0) is 159 Å². The second-order valence-corrected chi connectivity index (χ2v) is 56.7. The number of carbonyl (C=O) groups excluding carboxylic acids is 2. The van der Waals surface area contributed by atoms with Crippen LogP contribution in [0, 0.1) is 0 Å². The Balaban J connectivity index is 0.000000153. The molecule has 19 heteroatoms. The van der Waals surface area contributed by atoms with E-state index < -0.39 is 50.1 Å². The van der Waals surface area contributed by atoms with Crippen LogP contribution in [-0.2, 0) is 44.1 Å². The smallest absolute Gasteiger partial charge is 1.00 e. The topological polar surface area (TPSA) is 119 Å². The van der Waals surface area contributed by atoms with Crippen LogP contribution in [0.1, 0.15) is 122 Å². The Bertz CT molecular complexity index is 5370. The normalized spacial score (nSPS) is 13.4. The van der Waals surface area contributed by atoms with Gasteiger partial charge in [-0.25, -0.2) is 4.98 Å². The van der Waals surface area contributed by atoms with E-state index in [9.17, 15) is 9.59 Å². The fourth-order valence-electron chi connectivity index (χ4n) is 17.8. The third-order valence-corrected chi connectivity index (χ3v) is 50.1. The molecule has 4 heterocycles. The summed E-state index contributed by atoms with van der Waals surface area (Å²) in [4.78, 5) is 42.7. The molecule has 2 amide bonds. The first-order valence-electron chi connectivity index (χ1n) is 47.3. The molecule has 2 saturated carbocycles. The van der Waals surface area contributed by atoms with E-state index >= 15 is 0 Å². The van der Waals surface area contributed by atoms with Crippen molar-refractivity contribution in [3.8, 4) is 11.4 Å². The maximum Gasteiger partial charge on any atom is 1.00 e. The number of carbonyl (C=O) groups is 2. The summed E-state index contributed by atoms with van der Waals surface area (Å²) in [5, 5.41) is 22.9.